The van der Waals surface area contributed by atoms with Crippen molar-refractivity contribution >= 4 is 18.0 Å². The van der Waals surface area contributed by atoms with E-state index in [-0.39, 0.29) is 6.03 Å². The first-order chi connectivity index (χ1) is 8.79. The number of hydrogen-bond donors (Lipinski definition) is 1. The summed E-state index contributed by atoms with van der Waals surface area (Å²) in [5.74, 6) is 0. The van der Waals surface area contributed by atoms with Gasteiger partial charge < -0.3 is 0 Å². The van der Waals surface area contributed by atoms with Gasteiger partial charge in [-0.15, -0.1) is 6.58 Å². The Labute approximate surface area is 105 Å². The Balaban J connectivity index is 2.05. The van der Waals surface area contributed by atoms with Crippen LogP contribution in [0.4, 0.5) is 4.79 Å². The fourth-order valence-electron chi connectivity index (χ4n) is 1.42. The molecule has 2 amide bonds. The predicted molar refractivity (Wildman–Crippen MR) is 69.3 cm³/mol. The highest BCUT2D eigenvalue weighted by molar-refractivity contribution is 5.94. The topological polar surface area (TPSA) is 70.0 Å². The van der Waals surface area contributed by atoms with Gasteiger partial charge in [-0.3, -0.25) is 4.98 Å². The number of pyridine rings is 1. The van der Waals surface area contributed by atoms with Crippen LogP contribution in [0, 0.1) is 0 Å². The summed E-state index contributed by atoms with van der Waals surface area (Å²) in [7, 11) is 0. The predicted octanol–water partition coefficient (Wildman–Crippen LogP) is 1.37. The molecule has 1 aliphatic heterocycles. The van der Waals surface area contributed by atoms with Gasteiger partial charge in [-0.05, 0) is 6.07 Å². The summed E-state index contributed by atoms with van der Waals surface area (Å²) in [6.45, 7) is 4.00. The van der Waals surface area contributed by atoms with Crippen molar-refractivity contribution in [2.45, 2.75) is 6.42 Å². The number of carbonyl (C=O) groups is 1. The zero-order chi connectivity index (χ0) is 12.8. The van der Waals surface area contributed by atoms with Gasteiger partial charge in [-0.2, -0.15) is 10.2 Å². The average molecular weight is 243 g/mol. The van der Waals surface area contributed by atoms with Crippen molar-refractivity contribution in [1.82, 2.24) is 15.4 Å². The number of nitrogens with one attached hydrogen (secondary N) is 1. The van der Waals surface area contributed by atoms with Crippen molar-refractivity contribution < 1.29 is 4.79 Å². The Bertz CT molecular complexity index is 494. The van der Waals surface area contributed by atoms with E-state index >= 15 is 0 Å². The summed E-state index contributed by atoms with van der Waals surface area (Å²) in [6.07, 6.45) is 7.30. The maximum Gasteiger partial charge on any atom is 0.358 e. The second kappa shape index (κ2) is 5.72. The van der Waals surface area contributed by atoms with Crippen LogP contribution in [0.2, 0.25) is 0 Å². The molecule has 0 spiro atoms. The first-order valence-corrected chi connectivity index (χ1v) is 5.47. The van der Waals surface area contributed by atoms with Gasteiger partial charge in [0, 0.05) is 24.4 Å². The molecule has 0 unspecified atom stereocenters. The third-order valence-corrected chi connectivity index (χ3v) is 2.29. The van der Waals surface area contributed by atoms with Crippen molar-refractivity contribution in [2.24, 2.45) is 10.2 Å². The Morgan fingerprint density at radius 3 is 3.22 bits per heavy atom. The molecule has 0 saturated carbocycles. The normalized spacial score (nSPS) is 15.4. The molecule has 0 fully saturated rings. The number of rotatable bonds is 4. The molecule has 0 aromatic carbocycles. The minimum atomic E-state index is -0.344. The van der Waals surface area contributed by atoms with Crippen molar-refractivity contribution in [2.75, 3.05) is 6.54 Å². The monoisotopic (exact) mass is 243 g/mol. The average Bonchev–Trinajstić information content (AvgIpc) is 2.41. The Hall–Kier alpha value is -2.50. The molecule has 1 aromatic rings. The van der Waals surface area contributed by atoms with Crippen LogP contribution in [-0.4, -0.2) is 34.5 Å². The number of hydrogen-bond acceptors (Lipinski definition) is 4. The van der Waals surface area contributed by atoms with Gasteiger partial charge >= 0.3 is 6.03 Å². The van der Waals surface area contributed by atoms with Gasteiger partial charge in [0.25, 0.3) is 0 Å². The highest BCUT2D eigenvalue weighted by Crippen LogP contribution is 2.02. The van der Waals surface area contributed by atoms with Gasteiger partial charge in [-0.25, -0.2) is 15.2 Å². The third-order valence-electron chi connectivity index (χ3n) is 2.29. The molecule has 18 heavy (non-hydrogen) atoms. The van der Waals surface area contributed by atoms with Crippen molar-refractivity contribution in [3.05, 3.63) is 42.7 Å². The van der Waals surface area contributed by atoms with Crippen LogP contribution in [0.15, 0.2) is 47.4 Å². The lowest BCUT2D eigenvalue weighted by Gasteiger charge is -2.21. The van der Waals surface area contributed by atoms with E-state index in [2.05, 4.69) is 27.2 Å². The van der Waals surface area contributed by atoms with Crippen LogP contribution in [0.25, 0.3) is 0 Å². The second-order valence-corrected chi connectivity index (χ2v) is 3.68. The quantitative estimate of drug-likeness (QED) is 0.641. The number of allylic oxidation sites excluding steroid dienone is 1. The second-order valence-electron chi connectivity index (χ2n) is 3.68. The van der Waals surface area contributed by atoms with Crippen LogP contribution >= 0.6 is 0 Å². The third kappa shape index (κ3) is 3.00. The first-order valence-electron chi connectivity index (χ1n) is 5.47. The zero-order valence-corrected chi connectivity index (χ0v) is 9.78. The summed E-state index contributed by atoms with van der Waals surface area (Å²) < 4.78 is 0. The fourth-order valence-corrected chi connectivity index (χ4v) is 1.42. The number of carbonyl (C=O) groups excluding carboxylic acids is 1. The van der Waals surface area contributed by atoms with Crippen molar-refractivity contribution in [3.8, 4) is 0 Å². The fraction of sp³-hybridized carbons (Fsp3) is 0.167. The summed E-state index contributed by atoms with van der Waals surface area (Å²) in [5, 5.41) is 9.35. The zero-order valence-electron chi connectivity index (χ0n) is 9.78. The summed E-state index contributed by atoms with van der Waals surface area (Å²) in [5.41, 5.74) is 4.05. The van der Waals surface area contributed by atoms with E-state index in [9.17, 15) is 4.79 Å². The largest absolute Gasteiger partial charge is 0.358 e. The molecule has 92 valence electrons. The van der Waals surface area contributed by atoms with Crippen LogP contribution in [0.1, 0.15) is 12.0 Å². The molecule has 0 atom stereocenters. The van der Waals surface area contributed by atoms with E-state index in [1.165, 1.54) is 5.01 Å². The lowest BCUT2D eigenvalue weighted by Crippen LogP contribution is -2.42. The number of nitrogens with zero attached hydrogens (tertiary/aromatic N) is 4. The molecule has 0 aliphatic carbocycles. The highest BCUT2D eigenvalue weighted by Gasteiger charge is 2.18. The Kier molecular flexibility index (Phi) is 3.80. The minimum Gasteiger partial charge on any atom is -0.264 e. The molecular weight excluding hydrogens is 230 g/mol. The Morgan fingerprint density at radius 2 is 2.50 bits per heavy atom. The molecule has 2 heterocycles. The van der Waals surface area contributed by atoms with E-state index in [4.69, 9.17) is 0 Å². The number of aromatic nitrogens is 1. The van der Waals surface area contributed by atoms with Gasteiger partial charge in [0.1, 0.15) is 0 Å². The lowest BCUT2D eigenvalue weighted by molar-refractivity contribution is 0.204. The van der Waals surface area contributed by atoms with E-state index in [1.807, 2.05) is 12.1 Å². The maximum atomic E-state index is 11.5. The Morgan fingerprint density at radius 1 is 1.61 bits per heavy atom. The standard InChI is InChI=1S/C12H13N5O/c1-2-4-11-9-17(12(18)16-15-11)14-8-10-5-3-6-13-7-10/h2-3,5-8H,1,4,9H2,(H,16,18). The van der Waals surface area contributed by atoms with Crippen LogP contribution in [-0.2, 0) is 0 Å². The first kappa shape index (κ1) is 12.0. The molecule has 1 aliphatic rings. The van der Waals surface area contributed by atoms with Gasteiger partial charge in [0.15, 0.2) is 0 Å². The molecule has 0 saturated heterocycles. The lowest BCUT2D eigenvalue weighted by atomic mass is 10.2. The molecule has 0 radical (unpaired) electrons. The smallest absolute Gasteiger partial charge is 0.264 e. The molecule has 1 aromatic heterocycles. The highest BCUT2D eigenvalue weighted by atomic mass is 16.2. The van der Waals surface area contributed by atoms with E-state index in [0.29, 0.717) is 13.0 Å². The molecule has 6 nitrogen and oxygen atoms in total. The van der Waals surface area contributed by atoms with Crippen LogP contribution in [0.5, 0.6) is 0 Å². The van der Waals surface area contributed by atoms with E-state index < -0.39 is 0 Å². The number of amides is 2. The SMILES string of the molecule is C=CCC1=NNC(=O)N(N=Cc2cccnc2)C1. The van der Waals surface area contributed by atoms with Crippen molar-refractivity contribution in [1.29, 1.82) is 0 Å². The van der Waals surface area contributed by atoms with E-state index in [1.54, 1.807) is 24.7 Å². The summed E-state index contributed by atoms with van der Waals surface area (Å²) in [4.78, 5) is 15.5. The van der Waals surface area contributed by atoms with Crippen molar-refractivity contribution in [3.63, 3.8) is 0 Å². The molecule has 6 heteroatoms. The molecule has 2 rings (SSSR count). The van der Waals surface area contributed by atoms with Gasteiger partial charge in [0.2, 0.25) is 0 Å². The van der Waals surface area contributed by atoms with Gasteiger partial charge in [0.05, 0.1) is 18.5 Å². The molecular formula is C12H13N5O. The summed E-state index contributed by atoms with van der Waals surface area (Å²) in [6, 6.07) is 3.32. The minimum absolute atomic E-state index is 0.344. The maximum absolute atomic E-state index is 11.5. The molecule has 0 bridgehead atoms. The van der Waals surface area contributed by atoms with Crippen LogP contribution < -0.4 is 5.43 Å². The number of urea groups is 1. The number of hydrazone groups is 2. The summed E-state index contributed by atoms with van der Waals surface area (Å²) >= 11 is 0. The van der Waals surface area contributed by atoms with Crippen LogP contribution in [0.3, 0.4) is 0 Å². The molecule has 1 N–H and O–H groups in total. The van der Waals surface area contributed by atoms with Gasteiger partial charge in [-0.1, -0.05) is 12.1 Å². The van der Waals surface area contributed by atoms with E-state index in [0.717, 1.165) is 11.3 Å².